The fraction of sp³-hybridized carbons (Fsp3) is 0.510. The van der Waals surface area contributed by atoms with Crippen LogP contribution in [-0.4, -0.2) is 116 Å². The Bertz CT molecular complexity index is 2680. The first-order chi connectivity index (χ1) is 32.6. The van der Waals surface area contributed by atoms with E-state index in [0.717, 1.165) is 101 Å². The molecule has 350 valence electrons. The number of pyridine rings is 1. The van der Waals surface area contributed by atoms with Crippen molar-refractivity contribution < 1.29 is 23.5 Å². The second-order valence-electron chi connectivity index (χ2n) is 18.9. The summed E-state index contributed by atoms with van der Waals surface area (Å²) >= 11 is 0. The maximum Gasteiger partial charge on any atom is 0.249 e. The number of amides is 3. The second-order valence-corrected chi connectivity index (χ2v) is 18.9. The molecule has 0 spiro atoms. The molecule has 2 aliphatic carbocycles. The number of nitrogens with one attached hydrogen (secondary N) is 3. The highest BCUT2D eigenvalue weighted by molar-refractivity contribution is 6.01. The number of rotatable bonds is 12. The quantitative estimate of drug-likeness (QED) is 0.126. The van der Waals surface area contributed by atoms with Crippen LogP contribution in [-0.2, 0) is 14.4 Å². The standard InChI is InChI=1S/C49H58FN13O4/c1-3-49(48(66)55-34-5-4-6-34)15-17-61(18-16-49)43-13-7-31(26-52-43)45-46-32(25-51)27-54-63(46)30-40(57-45)33-28-53-62(29-33)36-10-8-35(9-11-36)59-19-21-60(22-20-59)41-24-42(67-2)39(23-37(41)50)56-38-12-14-44(64)58-47(38)65/h7,13,23-24,26-30,34-36,38,56H,3-6,8-12,14-22H2,1-2H3,(H,55,66)(H,58,64,65)/t35?,36?,38-/m1/s1. The van der Waals surface area contributed by atoms with Gasteiger partial charge in [-0.2, -0.15) is 15.5 Å². The molecule has 3 amide bonds. The van der Waals surface area contributed by atoms with Crippen LogP contribution in [0.2, 0.25) is 0 Å². The minimum Gasteiger partial charge on any atom is -0.495 e. The lowest BCUT2D eigenvalue weighted by molar-refractivity contribution is -0.134. The van der Waals surface area contributed by atoms with Crippen molar-refractivity contribution in [3.8, 4) is 34.3 Å². The zero-order chi connectivity index (χ0) is 46.2. The Balaban J connectivity index is 0.763. The van der Waals surface area contributed by atoms with Gasteiger partial charge in [-0.05, 0) is 82.8 Å². The van der Waals surface area contributed by atoms with E-state index in [9.17, 15) is 19.6 Å². The maximum absolute atomic E-state index is 15.6. The monoisotopic (exact) mass is 911 g/mol. The molecule has 7 heterocycles. The molecule has 5 fully saturated rings. The summed E-state index contributed by atoms with van der Waals surface area (Å²) in [6.45, 7) is 6.61. The van der Waals surface area contributed by atoms with Crippen LogP contribution in [0.1, 0.15) is 95.6 Å². The van der Waals surface area contributed by atoms with Crippen molar-refractivity contribution in [3.05, 3.63) is 66.6 Å². The van der Waals surface area contributed by atoms with Gasteiger partial charge in [0.1, 0.15) is 40.6 Å². The number of carbonyl (C=O) groups is 3. The predicted molar refractivity (Wildman–Crippen MR) is 250 cm³/mol. The molecule has 5 aliphatic rings. The van der Waals surface area contributed by atoms with Gasteiger partial charge in [-0.3, -0.25) is 29.3 Å². The fourth-order valence-corrected chi connectivity index (χ4v) is 10.7. The number of nitrogens with zero attached hydrogens (tertiary/aromatic N) is 10. The van der Waals surface area contributed by atoms with Crippen molar-refractivity contribution in [2.24, 2.45) is 5.41 Å². The molecule has 1 atom stereocenters. The summed E-state index contributed by atoms with van der Waals surface area (Å²) in [6.07, 6.45) is 19.5. The van der Waals surface area contributed by atoms with Crippen LogP contribution in [0.3, 0.4) is 0 Å². The molecule has 4 aromatic heterocycles. The Morgan fingerprint density at radius 3 is 2.37 bits per heavy atom. The molecule has 10 rings (SSSR count). The number of fused-ring (bicyclic) bond motifs is 1. The Morgan fingerprint density at radius 1 is 0.925 bits per heavy atom. The highest BCUT2D eigenvalue weighted by atomic mass is 19.1. The van der Waals surface area contributed by atoms with Crippen LogP contribution in [0.15, 0.2) is 55.2 Å². The molecular formula is C49H58FN13O4. The number of hydrogen-bond donors (Lipinski definition) is 3. The summed E-state index contributed by atoms with van der Waals surface area (Å²) in [5.41, 5.74) is 4.52. The van der Waals surface area contributed by atoms with E-state index in [-0.39, 0.29) is 29.7 Å². The van der Waals surface area contributed by atoms with Crippen molar-refractivity contribution in [2.75, 3.05) is 61.5 Å². The first-order valence-electron chi connectivity index (χ1n) is 23.9. The molecule has 0 radical (unpaired) electrons. The number of ether oxygens (including phenoxy) is 1. The molecule has 3 saturated heterocycles. The topological polar surface area (TPSA) is 191 Å². The smallest absolute Gasteiger partial charge is 0.249 e. The number of benzene rings is 1. The number of imide groups is 1. The summed E-state index contributed by atoms with van der Waals surface area (Å²) in [5.74, 6) is 0.381. The molecule has 3 aliphatic heterocycles. The third-order valence-electron chi connectivity index (χ3n) is 15.2. The Morgan fingerprint density at radius 2 is 1.70 bits per heavy atom. The number of halogens is 1. The lowest BCUT2D eigenvalue weighted by atomic mass is 9.74. The summed E-state index contributed by atoms with van der Waals surface area (Å²) in [4.78, 5) is 54.1. The number of piperazine rings is 1. The van der Waals surface area contributed by atoms with Gasteiger partial charge in [0.15, 0.2) is 0 Å². The fourth-order valence-electron chi connectivity index (χ4n) is 10.7. The lowest BCUT2D eigenvalue weighted by Crippen LogP contribution is -2.52. The van der Waals surface area contributed by atoms with Gasteiger partial charge in [0, 0.05) is 93.4 Å². The van der Waals surface area contributed by atoms with Gasteiger partial charge >= 0.3 is 0 Å². The molecule has 0 bridgehead atoms. The molecule has 1 aromatic carbocycles. The van der Waals surface area contributed by atoms with E-state index in [2.05, 4.69) is 59.6 Å². The molecule has 0 unspecified atom stereocenters. The van der Waals surface area contributed by atoms with Crippen molar-refractivity contribution in [2.45, 2.75) is 108 Å². The first-order valence-corrected chi connectivity index (χ1v) is 23.9. The van der Waals surface area contributed by atoms with Gasteiger partial charge < -0.3 is 25.2 Å². The Labute approximate surface area is 389 Å². The van der Waals surface area contributed by atoms with E-state index in [1.54, 1.807) is 16.8 Å². The average Bonchev–Trinajstić information content (AvgIpc) is 4.02. The van der Waals surface area contributed by atoms with Crippen molar-refractivity contribution in [1.29, 1.82) is 5.26 Å². The lowest BCUT2D eigenvalue weighted by Gasteiger charge is -2.42. The first kappa shape index (κ1) is 44.2. The maximum atomic E-state index is 15.6. The SMILES string of the molecule is CCC1(C(=O)NC2CCC2)CCN(c2ccc(-c3nc(-c4cnn(C5CCC(N6CCN(c7cc(OC)c(N[C@@H]8CCC(=O)NC8=O)cc7F)CC6)CC5)c4)cn4ncc(C#N)c34)cn2)CC1. The number of nitriles is 1. The average molecular weight is 912 g/mol. The van der Waals surface area contributed by atoms with Gasteiger partial charge in [-0.25, -0.2) is 18.9 Å². The van der Waals surface area contributed by atoms with Gasteiger partial charge in [0.2, 0.25) is 17.7 Å². The third kappa shape index (κ3) is 8.76. The highest BCUT2D eigenvalue weighted by Gasteiger charge is 2.41. The molecule has 2 saturated carbocycles. The molecule has 17 nitrogen and oxygen atoms in total. The van der Waals surface area contributed by atoms with E-state index in [1.807, 2.05) is 30.7 Å². The molecule has 3 N–H and O–H groups in total. The Kier molecular flexibility index (Phi) is 12.3. The van der Waals surface area contributed by atoms with E-state index in [0.29, 0.717) is 71.2 Å². The summed E-state index contributed by atoms with van der Waals surface area (Å²) in [6, 6.07) is 9.73. The number of anilines is 3. The number of hydrogen-bond acceptors (Lipinski definition) is 13. The number of carbonyl (C=O) groups excluding carboxylic acids is 3. The third-order valence-corrected chi connectivity index (χ3v) is 15.2. The second kappa shape index (κ2) is 18.6. The summed E-state index contributed by atoms with van der Waals surface area (Å²) in [5, 5.41) is 28.1. The molecular weight excluding hydrogens is 854 g/mol. The highest BCUT2D eigenvalue weighted by Crippen LogP contribution is 2.39. The van der Waals surface area contributed by atoms with E-state index >= 15 is 4.39 Å². The largest absolute Gasteiger partial charge is 0.495 e. The summed E-state index contributed by atoms with van der Waals surface area (Å²) < 4.78 is 25.0. The Hall–Kier alpha value is -6.61. The van der Waals surface area contributed by atoms with Gasteiger partial charge in [0.25, 0.3) is 0 Å². The van der Waals surface area contributed by atoms with Crippen LogP contribution < -0.4 is 30.5 Å². The zero-order valence-electron chi connectivity index (χ0n) is 38.2. The van der Waals surface area contributed by atoms with Gasteiger partial charge in [-0.1, -0.05) is 6.92 Å². The molecule has 5 aromatic rings. The van der Waals surface area contributed by atoms with Crippen LogP contribution in [0.4, 0.5) is 21.6 Å². The van der Waals surface area contributed by atoms with E-state index in [4.69, 9.17) is 19.8 Å². The van der Waals surface area contributed by atoms with E-state index < -0.39 is 17.8 Å². The van der Waals surface area contributed by atoms with Crippen molar-refractivity contribution >= 4 is 40.4 Å². The predicted octanol–water partition coefficient (Wildman–Crippen LogP) is 5.86. The number of aromatic nitrogens is 6. The zero-order valence-corrected chi connectivity index (χ0v) is 38.2. The number of methoxy groups -OCH3 is 1. The summed E-state index contributed by atoms with van der Waals surface area (Å²) in [7, 11) is 1.52. The van der Waals surface area contributed by atoms with Gasteiger partial charge in [0.05, 0.1) is 59.9 Å². The number of piperidine rings is 2. The van der Waals surface area contributed by atoms with Crippen LogP contribution in [0.25, 0.3) is 28.0 Å². The van der Waals surface area contributed by atoms with Gasteiger partial charge in [-0.15, -0.1) is 0 Å². The van der Waals surface area contributed by atoms with Crippen molar-refractivity contribution in [3.63, 3.8) is 0 Å². The van der Waals surface area contributed by atoms with Crippen LogP contribution in [0, 0.1) is 22.6 Å². The van der Waals surface area contributed by atoms with E-state index in [1.165, 1.54) is 19.6 Å². The minimum atomic E-state index is -0.644. The molecule has 67 heavy (non-hydrogen) atoms. The minimum absolute atomic E-state index is 0.208. The van der Waals surface area contributed by atoms with Crippen molar-refractivity contribution in [1.82, 2.24) is 44.9 Å². The van der Waals surface area contributed by atoms with Crippen LogP contribution >= 0.6 is 0 Å². The molecule has 18 heteroatoms. The van der Waals surface area contributed by atoms with Crippen LogP contribution in [0.5, 0.6) is 5.75 Å². The normalized spacial score (nSPS) is 22.5.